The number of nitrogens with zero attached hydrogens (tertiary/aromatic N) is 2. The number of hydrogen-bond acceptors (Lipinski definition) is 7. The highest BCUT2D eigenvalue weighted by molar-refractivity contribution is 7.85. The van der Waals surface area contributed by atoms with Gasteiger partial charge in [-0.1, -0.05) is 47.5 Å². The van der Waals surface area contributed by atoms with Crippen LogP contribution in [0.4, 0.5) is 17.1 Å². The quantitative estimate of drug-likeness (QED) is 0.170. The lowest BCUT2D eigenvalue weighted by molar-refractivity contribution is 0.102. The highest BCUT2D eigenvalue weighted by atomic mass is 35.5. The van der Waals surface area contributed by atoms with E-state index in [0.29, 0.717) is 16.5 Å². The zero-order valence-electron chi connectivity index (χ0n) is 19.4. The molecule has 0 fully saturated rings. The molecule has 3 N–H and O–H groups in total. The van der Waals surface area contributed by atoms with E-state index in [4.69, 9.17) is 27.9 Å². The summed E-state index contributed by atoms with van der Waals surface area (Å²) in [6, 6.07) is 15.5. The molecule has 0 aliphatic rings. The zero-order chi connectivity index (χ0) is 26.9. The molecular formula is C25H19Cl2N3O6S. The monoisotopic (exact) mass is 559 g/mol. The Hall–Kier alpha value is -3.70. The topological polar surface area (TPSA) is 138 Å². The van der Waals surface area contributed by atoms with Crippen LogP contribution in [0.3, 0.4) is 0 Å². The molecule has 0 aliphatic heterocycles. The van der Waals surface area contributed by atoms with Crippen molar-refractivity contribution in [3.8, 4) is 11.5 Å². The first-order valence-corrected chi connectivity index (χ1v) is 12.8. The normalized spacial score (nSPS) is 11.7. The molecule has 0 aliphatic carbocycles. The number of rotatable bonds is 6. The first-order valence-electron chi connectivity index (χ1n) is 10.6. The maximum absolute atomic E-state index is 13.2. The zero-order valence-corrected chi connectivity index (χ0v) is 21.7. The number of fused-ring (bicyclic) bond motifs is 1. The number of nitrogens with one attached hydrogen (secondary N) is 1. The maximum Gasteiger partial charge on any atom is 0.294 e. The first kappa shape index (κ1) is 26.4. The van der Waals surface area contributed by atoms with Crippen LogP contribution in [0.1, 0.15) is 15.9 Å². The van der Waals surface area contributed by atoms with Crippen LogP contribution in [-0.4, -0.2) is 31.1 Å². The number of ether oxygens (including phenoxy) is 1. The van der Waals surface area contributed by atoms with Crippen molar-refractivity contribution in [1.29, 1.82) is 0 Å². The van der Waals surface area contributed by atoms with Crippen molar-refractivity contribution in [2.45, 2.75) is 11.8 Å². The van der Waals surface area contributed by atoms with Crippen LogP contribution < -0.4 is 10.1 Å². The molecule has 4 aromatic rings. The third-order valence-corrected chi connectivity index (χ3v) is 7.15. The van der Waals surface area contributed by atoms with E-state index in [9.17, 15) is 22.9 Å². The van der Waals surface area contributed by atoms with Crippen molar-refractivity contribution in [3.63, 3.8) is 0 Å². The van der Waals surface area contributed by atoms with Crippen molar-refractivity contribution >= 4 is 67.1 Å². The van der Waals surface area contributed by atoms with Gasteiger partial charge in [0.2, 0.25) is 0 Å². The minimum absolute atomic E-state index is 0.0294. The molecule has 0 unspecified atom stereocenters. The second kappa shape index (κ2) is 10.3. The third kappa shape index (κ3) is 5.37. The second-order valence-corrected chi connectivity index (χ2v) is 10.0. The summed E-state index contributed by atoms with van der Waals surface area (Å²) in [5, 5.41) is 23.3. The second-order valence-electron chi connectivity index (χ2n) is 7.84. The van der Waals surface area contributed by atoms with Gasteiger partial charge in [0.25, 0.3) is 16.0 Å². The van der Waals surface area contributed by atoms with Gasteiger partial charge in [0.05, 0.1) is 33.3 Å². The fourth-order valence-electron chi connectivity index (χ4n) is 3.66. The van der Waals surface area contributed by atoms with Crippen molar-refractivity contribution in [2.24, 2.45) is 10.2 Å². The van der Waals surface area contributed by atoms with E-state index in [-0.39, 0.29) is 43.1 Å². The summed E-state index contributed by atoms with van der Waals surface area (Å²) in [6.07, 6.45) is 0. The lowest BCUT2D eigenvalue weighted by Gasteiger charge is -2.13. The summed E-state index contributed by atoms with van der Waals surface area (Å²) in [6.45, 7) is 1.41. The van der Waals surface area contributed by atoms with Crippen molar-refractivity contribution < 1.29 is 27.6 Å². The fourth-order valence-corrected chi connectivity index (χ4v) is 4.79. The molecule has 37 heavy (non-hydrogen) atoms. The number of methoxy groups -OCH3 is 1. The Bertz CT molecular complexity index is 1690. The average molecular weight is 560 g/mol. The summed E-state index contributed by atoms with van der Waals surface area (Å²) >= 11 is 12.4. The molecule has 190 valence electrons. The SMILES string of the molecule is COc1ccc(Cl)c(NC(=O)c2cc3ccccc3c(N=Nc3c(Cl)ccc(S(=O)(=O)O)c3C)c2O)c1. The molecule has 0 saturated carbocycles. The number of phenols is 1. The van der Waals surface area contributed by atoms with Crippen molar-refractivity contribution in [2.75, 3.05) is 12.4 Å². The van der Waals surface area contributed by atoms with Gasteiger partial charge in [-0.2, -0.15) is 8.42 Å². The van der Waals surface area contributed by atoms with Gasteiger partial charge in [0, 0.05) is 11.5 Å². The number of halogens is 2. The molecule has 0 spiro atoms. The van der Waals surface area contributed by atoms with Crippen LogP contribution in [0.25, 0.3) is 10.8 Å². The van der Waals surface area contributed by atoms with Gasteiger partial charge in [0.15, 0.2) is 5.75 Å². The number of phenolic OH excluding ortho intramolecular Hbond substituents is 1. The van der Waals surface area contributed by atoms with E-state index in [2.05, 4.69) is 15.5 Å². The van der Waals surface area contributed by atoms with Gasteiger partial charge in [-0.25, -0.2) is 0 Å². The Morgan fingerprint density at radius 2 is 1.65 bits per heavy atom. The minimum Gasteiger partial charge on any atom is -0.505 e. The Balaban J connectivity index is 1.83. The minimum atomic E-state index is -4.54. The van der Waals surface area contributed by atoms with Crippen LogP contribution >= 0.6 is 23.2 Å². The molecule has 0 aromatic heterocycles. The summed E-state index contributed by atoms with van der Waals surface area (Å²) in [7, 11) is -3.06. The van der Waals surface area contributed by atoms with Gasteiger partial charge in [-0.15, -0.1) is 10.2 Å². The molecule has 0 bridgehead atoms. The first-order chi connectivity index (χ1) is 17.5. The van der Waals surface area contributed by atoms with Crippen LogP contribution in [0.15, 0.2) is 75.8 Å². The Kier molecular flexibility index (Phi) is 7.37. The molecule has 0 saturated heterocycles. The molecule has 1 amide bonds. The van der Waals surface area contributed by atoms with Crippen LogP contribution in [0.5, 0.6) is 11.5 Å². The molecule has 0 heterocycles. The number of amides is 1. The number of anilines is 1. The summed E-state index contributed by atoms with van der Waals surface area (Å²) < 4.78 is 38.0. The van der Waals surface area contributed by atoms with Crippen LogP contribution in [0.2, 0.25) is 10.0 Å². The van der Waals surface area contributed by atoms with E-state index >= 15 is 0 Å². The summed E-state index contributed by atoms with van der Waals surface area (Å²) in [5.74, 6) is -0.674. The largest absolute Gasteiger partial charge is 0.505 e. The van der Waals surface area contributed by atoms with Gasteiger partial charge in [0.1, 0.15) is 17.1 Å². The van der Waals surface area contributed by atoms with E-state index in [1.807, 2.05) is 0 Å². The van der Waals surface area contributed by atoms with E-state index in [0.717, 1.165) is 6.07 Å². The lowest BCUT2D eigenvalue weighted by Crippen LogP contribution is -2.12. The molecular weight excluding hydrogens is 541 g/mol. The summed E-state index contributed by atoms with van der Waals surface area (Å²) in [4.78, 5) is 12.8. The third-order valence-electron chi connectivity index (χ3n) is 5.52. The number of carbonyl (C=O) groups excluding carboxylic acids is 1. The highest BCUT2D eigenvalue weighted by Gasteiger charge is 2.21. The molecule has 0 atom stereocenters. The molecule has 12 heteroatoms. The van der Waals surface area contributed by atoms with Crippen LogP contribution in [0, 0.1) is 6.92 Å². The standard InChI is InChI=1S/C25H19Cl2N3O6S/c1-13-21(37(33,34)35)10-9-19(27)22(13)29-30-23-16-6-4-3-5-14(16)11-17(24(23)31)25(32)28-20-12-15(36-2)7-8-18(20)26/h3-12,31H,1-2H3,(H,28,32)(H,33,34,35). The number of benzene rings is 4. The van der Waals surface area contributed by atoms with Crippen molar-refractivity contribution in [1.82, 2.24) is 0 Å². The Morgan fingerprint density at radius 3 is 2.35 bits per heavy atom. The van der Waals surface area contributed by atoms with Gasteiger partial charge < -0.3 is 15.2 Å². The van der Waals surface area contributed by atoms with E-state index < -0.39 is 21.8 Å². The Morgan fingerprint density at radius 1 is 0.973 bits per heavy atom. The molecule has 4 rings (SSSR count). The van der Waals surface area contributed by atoms with Gasteiger partial charge >= 0.3 is 0 Å². The Labute approximate surface area is 222 Å². The highest BCUT2D eigenvalue weighted by Crippen LogP contribution is 2.41. The molecule has 4 aromatic carbocycles. The van der Waals surface area contributed by atoms with Crippen LogP contribution in [-0.2, 0) is 10.1 Å². The average Bonchev–Trinajstić information content (AvgIpc) is 2.85. The van der Waals surface area contributed by atoms with Gasteiger partial charge in [-0.05, 0) is 48.2 Å². The maximum atomic E-state index is 13.2. The number of aromatic hydroxyl groups is 1. The van der Waals surface area contributed by atoms with E-state index in [1.54, 1.807) is 36.4 Å². The van der Waals surface area contributed by atoms with E-state index in [1.165, 1.54) is 32.2 Å². The van der Waals surface area contributed by atoms with Gasteiger partial charge in [-0.3, -0.25) is 9.35 Å². The van der Waals surface area contributed by atoms with Crippen molar-refractivity contribution in [3.05, 3.63) is 81.8 Å². The predicted octanol–water partition coefficient (Wildman–Crippen LogP) is 7.08. The fraction of sp³-hybridized carbons (Fsp3) is 0.0800. The molecule has 0 radical (unpaired) electrons. The number of carbonyl (C=O) groups is 1. The number of hydrogen-bond donors (Lipinski definition) is 3. The summed E-state index contributed by atoms with van der Waals surface area (Å²) in [5.41, 5.74) is 0.141. The lowest BCUT2D eigenvalue weighted by atomic mass is 10.0. The predicted molar refractivity (Wildman–Crippen MR) is 142 cm³/mol. The number of azo groups is 1. The molecule has 9 nitrogen and oxygen atoms in total. The smallest absolute Gasteiger partial charge is 0.294 e.